The van der Waals surface area contributed by atoms with Crippen LogP contribution in [0.4, 0.5) is 0 Å². The normalized spacial score (nSPS) is 29.5. The highest BCUT2D eigenvalue weighted by molar-refractivity contribution is 5.68. The molecule has 1 aliphatic heterocycles. The minimum Gasteiger partial charge on any atom is -0.493 e. The largest absolute Gasteiger partial charge is 0.493 e. The maximum Gasteiger partial charge on any atom is 0.162 e. The number of benzene rings is 1. The molecule has 0 unspecified atom stereocenters. The molecule has 25 heavy (non-hydrogen) atoms. The Morgan fingerprint density at radius 2 is 1.88 bits per heavy atom. The number of hydrogen-bond acceptors (Lipinski definition) is 5. The summed E-state index contributed by atoms with van der Waals surface area (Å²) >= 11 is 0. The lowest BCUT2D eigenvalue weighted by molar-refractivity contribution is -0.0743. The van der Waals surface area contributed by atoms with E-state index in [1.165, 1.54) is 12.8 Å². The van der Waals surface area contributed by atoms with E-state index in [0.717, 1.165) is 61.3 Å². The number of hydrogen-bond donors (Lipinski definition) is 2. The first kappa shape index (κ1) is 16.7. The van der Waals surface area contributed by atoms with Crippen molar-refractivity contribution in [3.8, 4) is 11.5 Å². The van der Waals surface area contributed by atoms with Crippen LogP contribution in [0.1, 0.15) is 56.9 Å². The fraction of sp³-hybridized carbons (Fsp3) is 0.600. The Hall–Kier alpha value is -1.72. The molecule has 0 bridgehead atoms. The molecular weight excluding hydrogens is 318 g/mol. The molecule has 0 saturated heterocycles. The molecule has 1 spiro atoms. The lowest BCUT2D eigenvalue weighted by Gasteiger charge is -2.31. The van der Waals surface area contributed by atoms with Gasteiger partial charge in [-0.25, -0.2) is 0 Å². The minimum atomic E-state index is -0.291. The van der Waals surface area contributed by atoms with E-state index in [1.807, 2.05) is 18.2 Å². The van der Waals surface area contributed by atoms with Crippen molar-refractivity contribution >= 4 is 5.70 Å². The Labute approximate surface area is 148 Å². The average molecular weight is 345 g/mol. The van der Waals surface area contributed by atoms with E-state index in [2.05, 4.69) is 11.6 Å². The van der Waals surface area contributed by atoms with Crippen molar-refractivity contribution in [1.29, 1.82) is 0 Å². The van der Waals surface area contributed by atoms with Crippen LogP contribution in [0, 0.1) is 0 Å². The zero-order chi connectivity index (χ0) is 17.3. The van der Waals surface area contributed by atoms with Crippen molar-refractivity contribution in [1.82, 2.24) is 5.48 Å². The summed E-state index contributed by atoms with van der Waals surface area (Å²) in [7, 11) is 1.68. The number of aliphatic hydroxyl groups is 1. The monoisotopic (exact) mass is 345 g/mol. The van der Waals surface area contributed by atoms with E-state index in [-0.39, 0.29) is 17.8 Å². The lowest BCUT2D eigenvalue weighted by atomic mass is 9.83. The SMILES string of the molecule is COc1ccc(C2=CC3(CCC(O)CC3)ON2)cc1OC1CCCC1. The van der Waals surface area contributed by atoms with Crippen molar-refractivity contribution in [2.75, 3.05) is 7.11 Å². The van der Waals surface area contributed by atoms with Crippen LogP contribution in [0.3, 0.4) is 0 Å². The first-order chi connectivity index (χ1) is 12.2. The van der Waals surface area contributed by atoms with E-state index in [4.69, 9.17) is 14.3 Å². The van der Waals surface area contributed by atoms with Crippen LogP contribution < -0.4 is 15.0 Å². The molecule has 4 rings (SSSR count). The van der Waals surface area contributed by atoms with Gasteiger partial charge in [0.05, 0.1) is 25.0 Å². The van der Waals surface area contributed by atoms with Gasteiger partial charge in [-0.3, -0.25) is 10.3 Å². The van der Waals surface area contributed by atoms with E-state index >= 15 is 0 Å². The molecule has 2 aliphatic carbocycles. The van der Waals surface area contributed by atoms with Gasteiger partial charge in [-0.1, -0.05) is 0 Å². The van der Waals surface area contributed by atoms with Gasteiger partial charge in [-0.05, 0) is 75.6 Å². The topological polar surface area (TPSA) is 60.0 Å². The standard InChI is InChI=1S/C20H27NO4/c1-23-18-7-6-14(12-19(18)24-16-4-2-3-5-16)17-13-20(25-21-17)10-8-15(22)9-11-20/h6-7,12-13,15-16,21-22H,2-5,8-11H2,1H3. The van der Waals surface area contributed by atoms with Gasteiger partial charge in [0.2, 0.25) is 0 Å². The molecule has 0 amide bonds. The predicted octanol–water partition coefficient (Wildman–Crippen LogP) is 3.57. The Kier molecular flexibility index (Phi) is 4.61. The van der Waals surface area contributed by atoms with Crippen LogP contribution in [0.15, 0.2) is 24.3 Å². The molecule has 0 atom stereocenters. The molecular formula is C20H27NO4. The van der Waals surface area contributed by atoms with Crippen molar-refractivity contribution in [3.05, 3.63) is 29.8 Å². The zero-order valence-corrected chi connectivity index (χ0v) is 14.8. The molecule has 3 aliphatic rings. The lowest BCUT2D eigenvalue weighted by Crippen LogP contribution is -2.36. The van der Waals surface area contributed by atoms with Crippen LogP contribution in [-0.4, -0.2) is 30.0 Å². The van der Waals surface area contributed by atoms with Crippen molar-refractivity contribution < 1.29 is 19.4 Å². The summed E-state index contributed by atoms with van der Waals surface area (Å²) in [6.07, 6.45) is 10.2. The zero-order valence-electron chi connectivity index (χ0n) is 14.8. The van der Waals surface area contributed by atoms with Gasteiger partial charge in [0.15, 0.2) is 11.5 Å². The summed E-state index contributed by atoms with van der Waals surface area (Å²) in [5.41, 5.74) is 4.81. The van der Waals surface area contributed by atoms with Gasteiger partial charge >= 0.3 is 0 Å². The first-order valence-electron chi connectivity index (χ1n) is 9.37. The molecule has 1 aromatic rings. The third kappa shape index (κ3) is 3.48. The summed E-state index contributed by atoms with van der Waals surface area (Å²) in [6, 6.07) is 6.02. The van der Waals surface area contributed by atoms with E-state index in [9.17, 15) is 5.11 Å². The summed E-state index contributed by atoms with van der Waals surface area (Å²) < 4.78 is 11.7. The quantitative estimate of drug-likeness (QED) is 0.874. The second-order valence-electron chi connectivity index (χ2n) is 7.45. The van der Waals surface area contributed by atoms with Crippen molar-refractivity contribution in [2.24, 2.45) is 0 Å². The highest BCUT2D eigenvalue weighted by atomic mass is 16.7. The summed E-state index contributed by atoms with van der Waals surface area (Å²) in [5.74, 6) is 1.57. The summed E-state index contributed by atoms with van der Waals surface area (Å²) in [5, 5.41) is 9.74. The second-order valence-corrected chi connectivity index (χ2v) is 7.45. The summed E-state index contributed by atoms with van der Waals surface area (Å²) in [6.45, 7) is 0. The average Bonchev–Trinajstić information content (AvgIpc) is 3.28. The molecule has 2 N–H and O–H groups in total. The van der Waals surface area contributed by atoms with E-state index in [0.29, 0.717) is 0 Å². The van der Waals surface area contributed by atoms with Crippen LogP contribution >= 0.6 is 0 Å². The van der Waals surface area contributed by atoms with Crippen LogP contribution in [-0.2, 0) is 4.84 Å². The van der Waals surface area contributed by atoms with E-state index < -0.39 is 0 Å². The molecule has 1 heterocycles. The molecule has 0 radical (unpaired) electrons. The van der Waals surface area contributed by atoms with Crippen LogP contribution in [0.2, 0.25) is 0 Å². The molecule has 136 valence electrons. The Morgan fingerprint density at radius 3 is 2.60 bits per heavy atom. The highest BCUT2D eigenvalue weighted by Gasteiger charge is 2.39. The smallest absolute Gasteiger partial charge is 0.162 e. The fourth-order valence-electron chi connectivity index (χ4n) is 4.08. The van der Waals surface area contributed by atoms with Gasteiger partial charge in [0.25, 0.3) is 0 Å². The van der Waals surface area contributed by atoms with Gasteiger partial charge in [0, 0.05) is 5.56 Å². The minimum absolute atomic E-state index is 0.195. The Morgan fingerprint density at radius 1 is 1.12 bits per heavy atom. The number of methoxy groups -OCH3 is 1. The first-order valence-corrected chi connectivity index (χ1v) is 9.37. The van der Waals surface area contributed by atoms with Crippen LogP contribution in [0.5, 0.6) is 11.5 Å². The Balaban J connectivity index is 1.55. The third-order valence-corrected chi connectivity index (χ3v) is 5.64. The van der Waals surface area contributed by atoms with Gasteiger partial charge in [-0.2, -0.15) is 0 Å². The van der Waals surface area contributed by atoms with Crippen molar-refractivity contribution in [3.63, 3.8) is 0 Å². The molecule has 0 aromatic heterocycles. The molecule has 2 saturated carbocycles. The number of ether oxygens (including phenoxy) is 2. The molecule has 5 nitrogen and oxygen atoms in total. The maximum absolute atomic E-state index is 9.74. The number of nitrogens with one attached hydrogen (secondary N) is 1. The molecule has 2 fully saturated rings. The summed E-state index contributed by atoms with van der Waals surface area (Å²) in [4.78, 5) is 5.90. The molecule has 1 aromatic carbocycles. The van der Waals surface area contributed by atoms with Gasteiger partial charge in [0.1, 0.15) is 5.60 Å². The number of rotatable bonds is 4. The predicted molar refractivity (Wildman–Crippen MR) is 95.3 cm³/mol. The van der Waals surface area contributed by atoms with Crippen molar-refractivity contribution in [2.45, 2.75) is 69.2 Å². The third-order valence-electron chi connectivity index (χ3n) is 5.64. The van der Waals surface area contributed by atoms with Gasteiger partial charge < -0.3 is 14.6 Å². The molecule has 5 heteroatoms. The van der Waals surface area contributed by atoms with Crippen LogP contribution in [0.25, 0.3) is 5.70 Å². The number of hydroxylamine groups is 1. The highest BCUT2D eigenvalue weighted by Crippen LogP contribution is 2.40. The second kappa shape index (κ2) is 6.89. The maximum atomic E-state index is 9.74. The number of aliphatic hydroxyl groups excluding tert-OH is 1. The Bertz CT molecular complexity index is 643. The fourth-order valence-corrected chi connectivity index (χ4v) is 4.08. The van der Waals surface area contributed by atoms with E-state index in [1.54, 1.807) is 7.11 Å². The van der Waals surface area contributed by atoms with Gasteiger partial charge in [-0.15, -0.1) is 0 Å².